The third-order valence-electron chi connectivity index (χ3n) is 2.63. The van der Waals surface area contributed by atoms with Crippen LogP contribution in [-0.2, 0) is 4.74 Å². The summed E-state index contributed by atoms with van der Waals surface area (Å²) in [7, 11) is 0. The summed E-state index contributed by atoms with van der Waals surface area (Å²) in [6, 6.07) is 0. The molecule has 4 nitrogen and oxygen atoms in total. The first-order chi connectivity index (χ1) is 5.95. The summed E-state index contributed by atoms with van der Waals surface area (Å²) in [5.41, 5.74) is 0. The molecule has 0 aromatic carbocycles. The second kappa shape index (κ2) is 3.92. The van der Waals surface area contributed by atoms with E-state index in [4.69, 9.17) is 4.74 Å². The molecule has 1 aliphatic heterocycles. The Morgan fingerprint density at radius 2 is 1.62 bits per heavy atom. The molecule has 0 saturated carbocycles. The van der Waals surface area contributed by atoms with Gasteiger partial charge in [0, 0.05) is 5.92 Å². The molecular formula is C9H18O4. The Morgan fingerprint density at radius 1 is 1.08 bits per heavy atom. The lowest BCUT2D eigenvalue weighted by Gasteiger charge is -2.41. The lowest BCUT2D eigenvalue weighted by molar-refractivity contribution is -0.269. The van der Waals surface area contributed by atoms with Crippen LogP contribution in [0.4, 0.5) is 0 Å². The Morgan fingerprint density at radius 3 is 2.08 bits per heavy atom. The normalized spacial score (nSPS) is 46.8. The Balaban J connectivity index is 2.70. The molecule has 0 bridgehead atoms. The van der Waals surface area contributed by atoms with E-state index in [-0.39, 0.29) is 5.92 Å². The van der Waals surface area contributed by atoms with E-state index in [1.165, 1.54) is 0 Å². The van der Waals surface area contributed by atoms with Gasteiger partial charge in [0.25, 0.3) is 0 Å². The smallest absolute Gasteiger partial charge is 0.160 e. The van der Waals surface area contributed by atoms with Crippen molar-refractivity contribution in [3.63, 3.8) is 0 Å². The molecule has 1 rings (SSSR count). The predicted molar refractivity (Wildman–Crippen MR) is 46.9 cm³/mol. The molecule has 0 amide bonds. The van der Waals surface area contributed by atoms with Crippen LogP contribution in [0, 0.1) is 11.8 Å². The van der Waals surface area contributed by atoms with Gasteiger partial charge in [0.15, 0.2) is 6.29 Å². The highest BCUT2D eigenvalue weighted by molar-refractivity contribution is 4.87. The standard InChI is InChI=1S/C9H18O4/c1-4(2)8-7(11)6(10)5(3)9(12)13-8/h4-12H,1-3H3/t5-,6-,7+,8-,9+/m1/s1. The Labute approximate surface area is 78.1 Å². The van der Waals surface area contributed by atoms with Crippen LogP contribution in [0.5, 0.6) is 0 Å². The van der Waals surface area contributed by atoms with Crippen molar-refractivity contribution >= 4 is 0 Å². The zero-order chi connectivity index (χ0) is 10.2. The molecule has 1 fully saturated rings. The summed E-state index contributed by atoms with van der Waals surface area (Å²) in [5, 5.41) is 28.5. The molecule has 0 aromatic heterocycles. The zero-order valence-corrected chi connectivity index (χ0v) is 8.21. The predicted octanol–water partition coefficient (Wildman–Crippen LogP) is -0.282. The summed E-state index contributed by atoms with van der Waals surface area (Å²) in [6.07, 6.45) is -3.28. The maximum Gasteiger partial charge on any atom is 0.160 e. The molecule has 0 spiro atoms. The Hall–Kier alpha value is -0.160. The number of aliphatic hydroxyl groups excluding tert-OH is 3. The molecule has 0 radical (unpaired) electrons. The number of hydrogen-bond donors (Lipinski definition) is 3. The number of rotatable bonds is 1. The van der Waals surface area contributed by atoms with Gasteiger partial charge in [-0.15, -0.1) is 0 Å². The molecule has 3 N–H and O–H groups in total. The van der Waals surface area contributed by atoms with E-state index in [0.717, 1.165) is 0 Å². The summed E-state index contributed by atoms with van der Waals surface area (Å²) >= 11 is 0. The van der Waals surface area contributed by atoms with Crippen molar-refractivity contribution in [2.75, 3.05) is 0 Å². The van der Waals surface area contributed by atoms with E-state index in [9.17, 15) is 15.3 Å². The average Bonchev–Trinajstić information content (AvgIpc) is 2.07. The van der Waals surface area contributed by atoms with E-state index in [1.54, 1.807) is 6.92 Å². The number of aliphatic hydroxyl groups is 3. The van der Waals surface area contributed by atoms with Gasteiger partial charge in [-0.3, -0.25) is 0 Å². The van der Waals surface area contributed by atoms with E-state index < -0.39 is 30.5 Å². The molecule has 5 atom stereocenters. The third-order valence-corrected chi connectivity index (χ3v) is 2.63. The molecule has 1 saturated heterocycles. The minimum Gasteiger partial charge on any atom is -0.390 e. The first kappa shape index (κ1) is 10.9. The molecule has 0 aliphatic carbocycles. The molecule has 1 heterocycles. The monoisotopic (exact) mass is 190 g/mol. The van der Waals surface area contributed by atoms with Gasteiger partial charge in [-0.2, -0.15) is 0 Å². The molecule has 1 aliphatic rings. The summed E-state index contributed by atoms with van der Waals surface area (Å²) in [4.78, 5) is 0. The molecule has 13 heavy (non-hydrogen) atoms. The molecule has 78 valence electrons. The Bertz CT molecular complexity index is 171. The minimum atomic E-state index is -0.981. The highest BCUT2D eigenvalue weighted by Crippen LogP contribution is 2.27. The summed E-state index contributed by atoms with van der Waals surface area (Å²) < 4.78 is 5.19. The largest absolute Gasteiger partial charge is 0.390 e. The van der Waals surface area contributed by atoms with E-state index >= 15 is 0 Å². The fourth-order valence-electron chi connectivity index (χ4n) is 1.59. The van der Waals surface area contributed by atoms with Crippen LogP contribution >= 0.6 is 0 Å². The molecule has 0 unspecified atom stereocenters. The lowest BCUT2D eigenvalue weighted by atomic mass is 9.88. The second-order valence-corrected chi connectivity index (χ2v) is 4.08. The summed E-state index contributed by atoms with van der Waals surface area (Å²) in [5.74, 6) is -0.364. The highest BCUT2D eigenvalue weighted by Gasteiger charge is 2.42. The molecular weight excluding hydrogens is 172 g/mol. The van der Waals surface area contributed by atoms with Crippen molar-refractivity contribution in [3.8, 4) is 0 Å². The fourth-order valence-corrected chi connectivity index (χ4v) is 1.59. The highest BCUT2D eigenvalue weighted by atomic mass is 16.6. The van der Waals surface area contributed by atoms with Gasteiger partial charge in [-0.1, -0.05) is 20.8 Å². The third kappa shape index (κ3) is 2.02. The van der Waals surface area contributed by atoms with Gasteiger partial charge >= 0.3 is 0 Å². The average molecular weight is 190 g/mol. The topological polar surface area (TPSA) is 69.9 Å². The van der Waals surface area contributed by atoms with Gasteiger partial charge in [-0.05, 0) is 5.92 Å². The van der Waals surface area contributed by atoms with Crippen LogP contribution in [0.1, 0.15) is 20.8 Å². The number of ether oxygens (including phenoxy) is 1. The lowest BCUT2D eigenvalue weighted by Crippen LogP contribution is -2.55. The second-order valence-electron chi connectivity index (χ2n) is 4.08. The van der Waals surface area contributed by atoms with Gasteiger partial charge in [0.1, 0.15) is 6.10 Å². The van der Waals surface area contributed by atoms with Gasteiger partial charge in [0.2, 0.25) is 0 Å². The maximum atomic E-state index is 9.61. The zero-order valence-electron chi connectivity index (χ0n) is 8.21. The fraction of sp³-hybridized carbons (Fsp3) is 1.00. The quantitative estimate of drug-likeness (QED) is 0.532. The van der Waals surface area contributed by atoms with Crippen molar-refractivity contribution in [2.45, 2.75) is 45.4 Å². The van der Waals surface area contributed by atoms with Crippen LogP contribution in [-0.4, -0.2) is 39.9 Å². The van der Waals surface area contributed by atoms with Crippen LogP contribution in [0.25, 0.3) is 0 Å². The van der Waals surface area contributed by atoms with Crippen molar-refractivity contribution in [1.82, 2.24) is 0 Å². The Kier molecular flexibility index (Phi) is 3.29. The van der Waals surface area contributed by atoms with Gasteiger partial charge < -0.3 is 20.1 Å². The van der Waals surface area contributed by atoms with E-state index in [1.807, 2.05) is 13.8 Å². The maximum absolute atomic E-state index is 9.61. The van der Waals surface area contributed by atoms with Crippen molar-refractivity contribution in [2.24, 2.45) is 11.8 Å². The molecule has 4 heteroatoms. The van der Waals surface area contributed by atoms with Gasteiger partial charge in [-0.25, -0.2) is 0 Å². The van der Waals surface area contributed by atoms with Crippen LogP contribution in [0.15, 0.2) is 0 Å². The van der Waals surface area contributed by atoms with Crippen LogP contribution in [0.2, 0.25) is 0 Å². The summed E-state index contributed by atoms with van der Waals surface area (Å²) in [6.45, 7) is 5.40. The molecule has 0 aromatic rings. The number of hydrogen-bond acceptors (Lipinski definition) is 4. The van der Waals surface area contributed by atoms with Crippen molar-refractivity contribution in [3.05, 3.63) is 0 Å². The first-order valence-electron chi connectivity index (χ1n) is 4.64. The SMILES string of the molecule is CC(C)[C@H]1O[C@H](O)[C@H](C)[C@@H](O)[C@@H]1O. The van der Waals surface area contributed by atoms with E-state index in [2.05, 4.69) is 0 Å². The van der Waals surface area contributed by atoms with Crippen LogP contribution in [0.3, 0.4) is 0 Å². The van der Waals surface area contributed by atoms with Crippen molar-refractivity contribution < 1.29 is 20.1 Å². The van der Waals surface area contributed by atoms with E-state index in [0.29, 0.717) is 0 Å². The minimum absolute atomic E-state index is 0.0757. The van der Waals surface area contributed by atoms with Crippen molar-refractivity contribution in [1.29, 1.82) is 0 Å². The van der Waals surface area contributed by atoms with Gasteiger partial charge in [0.05, 0.1) is 12.2 Å². The van der Waals surface area contributed by atoms with Crippen LogP contribution < -0.4 is 0 Å². The first-order valence-corrected chi connectivity index (χ1v) is 4.64.